The summed E-state index contributed by atoms with van der Waals surface area (Å²) < 4.78 is 17.9. The summed E-state index contributed by atoms with van der Waals surface area (Å²) >= 11 is 0. The molecule has 5 nitrogen and oxygen atoms in total. The number of H-pyrrole nitrogens is 1. The minimum atomic E-state index is -0.436. The summed E-state index contributed by atoms with van der Waals surface area (Å²) in [5.74, 6) is -0.777. The summed E-state index contributed by atoms with van der Waals surface area (Å²) in [4.78, 5) is 30.8. The van der Waals surface area contributed by atoms with E-state index in [-0.39, 0.29) is 30.8 Å². The molecule has 1 heterocycles. The van der Waals surface area contributed by atoms with Gasteiger partial charge in [-0.1, -0.05) is 24.3 Å². The van der Waals surface area contributed by atoms with Crippen molar-refractivity contribution >= 4 is 17.0 Å². The lowest BCUT2D eigenvalue weighted by atomic mass is 10.2. The third-order valence-electron chi connectivity index (χ3n) is 3.55. The third kappa shape index (κ3) is 3.84. The molecule has 0 atom stereocenters. The van der Waals surface area contributed by atoms with Crippen molar-refractivity contribution in [3.05, 3.63) is 76.0 Å². The average molecular weight is 326 g/mol. The van der Waals surface area contributed by atoms with Crippen LogP contribution in [0.25, 0.3) is 11.0 Å². The molecule has 3 aromatic rings. The standard InChI is InChI=1S/C18H15FN2O3/c19-13-7-5-12(6-8-13)11-24-17(22)10-9-16-18(23)21-15-4-2-1-3-14(15)20-16/h1-8H,9-11H2,(H,21,23). The number of esters is 1. The first kappa shape index (κ1) is 15.9. The van der Waals surface area contributed by atoms with Crippen LogP contribution < -0.4 is 5.56 Å². The van der Waals surface area contributed by atoms with E-state index in [4.69, 9.17) is 4.74 Å². The van der Waals surface area contributed by atoms with E-state index >= 15 is 0 Å². The van der Waals surface area contributed by atoms with Crippen LogP contribution in [0, 0.1) is 5.82 Å². The maximum absolute atomic E-state index is 12.8. The van der Waals surface area contributed by atoms with Crippen molar-refractivity contribution < 1.29 is 13.9 Å². The van der Waals surface area contributed by atoms with Gasteiger partial charge in [0.25, 0.3) is 5.56 Å². The second-order valence-electron chi connectivity index (χ2n) is 5.32. The summed E-state index contributed by atoms with van der Waals surface area (Å²) in [6, 6.07) is 12.9. The van der Waals surface area contributed by atoms with Crippen molar-refractivity contribution in [3.8, 4) is 0 Å². The van der Waals surface area contributed by atoms with E-state index < -0.39 is 5.97 Å². The molecular weight excluding hydrogens is 311 g/mol. The summed E-state index contributed by atoms with van der Waals surface area (Å²) in [6.07, 6.45) is 0.248. The molecule has 1 N–H and O–H groups in total. The molecule has 0 amide bonds. The second kappa shape index (κ2) is 7.04. The average Bonchev–Trinajstić information content (AvgIpc) is 2.59. The number of aryl methyl sites for hydroxylation is 1. The predicted molar refractivity (Wildman–Crippen MR) is 86.9 cm³/mol. The topological polar surface area (TPSA) is 72.0 Å². The molecule has 0 saturated heterocycles. The number of benzene rings is 2. The van der Waals surface area contributed by atoms with E-state index in [9.17, 15) is 14.0 Å². The first-order valence-corrected chi connectivity index (χ1v) is 7.50. The van der Waals surface area contributed by atoms with Crippen molar-refractivity contribution in [1.82, 2.24) is 9.97 Å². The Labute approximate surface area is 137 Å². The van der Waals surface area contributed by atoms with Gasteiger partial charge in [-0.3, -0.25) is 9.59 Å². The molecule has 0 bridgehead atoms. The highest BCUT2D eigenvalue weighted by Crippen LogP contribution is 2.08. The monoisotopic (exact) mass is 326 g/mol. The van der Waals surface area contributed by atoms with Gasteiger partial charge in [-0.25, -0.2) is 9.37 Å². The van der Waals surface area contributed by atoms with Crippen molar-refractivity contribution in [2.24, 2.45) is 0 Å². The van der Waals surface area contributed by atoms with Crippen LogP contribution in [-0.4, -0.2) is 15.9 Å². The maximum atomic E-state index is 12.8. The van der Waals surface area contributed by atoms with Crippen molar-refractivity contribution in [2.75, 3.05) is 0 Å². The number of nitrogens with one attached hydrogen (secondary N) is 1. The van der Waals surface area contributed by atoms with Gasteiger partial charge < -0.3 is 9.72 Å². The Morgan fingerprint density at radius 3 is 2.67 bits per heavy atom. The van der Waals surface area contributed by atoms with Gasteiger partial charge in [-0.2, -0.15) is 0 Å². The molecule has 2 aromatic carbocycles. The van der Waals surface area contributed by atoms with Crippen molar-refractivity contribution in [2.45, 2.75) is 19.4 Å². The number of para-hydroxylation sites is 2. The molecule has 0 aliphatic heterocycles. The Kier molecular flexibility index (Phi) is 4.65. The highest BCUT2D eigenvalue weighted by Gasteiger charge is 2.09. The molecule has 0 aliphatic rings. The summed E-state index contributed by atoms with van der Waals surface area (Å²) in [5.41, 5.74) is 2.02. The number of aromatic amines is 1. The van der Waals surface area contributed by atoms with Gasteiger partial charge in [-0.15, -0.1) is 0 Å². The normalized spacial score (nSPS) is 10.7. The van der Waals surface area contributed by atoms with Crippen molar-refractivity contribution in [3.63, 3.8) is 0 Å². The molecule has 6 heteroatoms. The lowest BCUT2D eigenvalue weighted by Gasteiger charge is -2.05. The zero-order chi connectivity index (χ0) is 16.9. The molecule has 3 rings (SSSR count). The van der Waals surface area contributed by atoms with Crippen LogP contribution in [0.15, 0.2) is 53.3 Å². The molecule has 1 aromatic heterocycles. The van der Waals surface area contributed by atoms with Crippen LogP contribution >= 0.6 is 0 Å². The SMILES string of the molecule is O=C(CCc1nc2ccccc2[nH]c1=O)OCc1ccc(F)cc1. The highest BCUT2D eigenvalue weighted by molar-refractivity contribution is 5.74. The fourth-order valence-corrected chi connectivity index (χ4v) is 2.27. The fraction of sp³-hybridized carbons (Fsp3) is 0.167. The number of carbonyl (C=O) groups is 1. The van der Waals surface area contributed by atoms with E-state index in [1.807, 2.05) is 12.1 Å². The quantitative estimate of drug-likeness (QED) is 0.732. The minimum Gasteiger partial charge on any atom is -0.461 e. The molecule has 0 spiro atoms. The van der Waals surface area contributed by atoms with Crippen molar-refractivity contribution in [1.29, 1.82) is 0 Å². The van der Waals surface area contributed by atoms with Gasteiger partial charge in [0, 0.05) is 6.42 Å². The van der Waals surface area contributed by atoms with E-state index in [1.165, 1.54) is 12.1 Å². The third-order valence-corrected chi connectivity index (χ3v) is 3.55. The van der Waals surface area contributed by atoms with Gasteiger partial charge in [0.05, 0.1) is 17.5 Å². The Morgan fingerprint density at radius 2 is 1.88 bits per heavy atom. The summed E-state index contributed by atoms with van der Waals surface area (Å²) in [6.45, 7) is 0.0701. The van der Waals surface area contributed by atoms with Crippen LogP contribution in [0.2, 0.25) is 0 Å². The molecule has 122 valence electrons. The van der Waals surface area contributed by atoms with E-state index in [1.54, 1.807) is 24.3 Å². The Bertz CT molecular complexity index is 919. The Hall–Kier alpha value is -3.02. The van der Waals surface area contributed by atoms with E-state index in [2.05, 4.69) is 9.97 Å². The number of carbonyl (C=O) groups excluding carboxylic acids is 1. The smallest absolute Gasteiger partial charge is 0.306 e. The van der Waals surface area contributed by atoms with Gasteiger partial charge in [-0.05, 0) is 29.8 Å². The fourth-order valence-electron chi connectivity index (χ4n) is 2.27. The zero-order valence-electron chi connectivity index (χ0n) is 12.8. The molecule has 0 unspecified atom stereocenters. The van der Waals surface area contributed by atoms with Crippen LogP contribution in [0.4, 0.5) is 4.39 Å². The number of halogens is 1. The number of hydrogen-bond acceptors (Lipinski definition) is 4. The summed E-state index contributed by atoms with van der Waals surface area (Å²) in [5, 5.41) is 0. The maximum Gasteiger partial charge on any atom is 0.306 e. The minimum absolute atomic E-state index is 0.0512. The largest absolute Gasteiger partial charge is 0.461 e. The van der Waals surface area contributed by atoms with E-state index in [0.29, 0.717) is 22.3 Å². The zero-order valence-corrected chi connectivity index (χ0v) is 12.8. The number of ether oxygens (including phenoxy) is 1. The van der Waals surface area contributed by atoms with Gasteiger partial charge in [0.15, 0.2) is 0 Å². The van der Waals surface area contributed by atoms with Crippen LogP contribution in [-0.2, 0) is 22.6 Å². The molecule has 0 saturated carbocycles. The Balaban J connectivity index is 1.59. The molecule has 0 aliphatic carbocycles. The molecule has 24 heavy (non-hydrogen) atoms. The van der Waals surface area contributed by atoms with E-state index in [0.717, 1.165) is 0 Å². The molecule has 0 radical (unpaired) electrons. The number of hydrogen-bond donors (Lipinski definition) is 1. The van der Waals surface area contributed by atoms with Crippen LogP contribution in [0.5, 0.6) is 0 Å². The number of nitrogens with zero attached hydrogens (tertiary/aromatic N) is 1. The first-order valence-electron chi connectivity index (χ1n) is 7.50. The van der Waals surface area contributed by atoms with Gasteiger partial charge in [0.2, 0.25) is 0 Å². The number of fused-ring (bicyclic) bond motifs is 1. The number of rotatable bonds is 5. The second-order valence-corrected chi connectivity index (χ2v) is 5.32. The lowest BCUT2D eigenvalue weighted by Crippen LogP contribution is -2.17. The van der Waals surface area contributed by atoms with Crippen LogP contribution in [0.1, 0.15) is 17.7 Å². The number of aromatic nitrogens is 2. The molecular formula is C18H15FN2O3. The highest BCUT2D eigenvalue weighted by atomic mass is 19.1. The van der Waals surface area contributed by atoms with Gasteiger partial charge >= 0.3 is 5.97 Å². The lowest BCUT2D eigenvalue weighted by molar-refractivity contribution is -0.144. The van der Waals surface area contributed by atoms with Gasteiger partial charge in [0.1, 0.15) is 18.1 Å². The summed E-state index contributed by atoms with van der Waals surface area (Å²) in [7, 11) is 0. The predicted octanol–water partition coefficient (Wildman–Crippen LogP) is 2.74. The van der Waals surface area contributed by atoms with Crippen LogP contribution in [0.3, 0.4) is 0 Å². The Morgan fingerprint density at radius 1 is 1.12 bits per heavy atom. The first-order chi connectivity index (χ1) is 11.6. The molecule has 0 fully saturated rings.